The van der Waals surface area contributed by atoms with Crippen molar-refractivity contribution >= 4 is 29.1 Å². The highest BCUT2D eigenvalue weighted by Crippen LogP contribution is 2.26. The van der Waals surface area contributed by atoms with Crippen molar-refractivity contribution in [3.63, 3.8) is 0 Å². The summed E-state index contributed by atoms with van der Waals surface area (Å²) < 4.78 is 7.57. The van der Waals surface area contributed by atoms with Crippen LogP contribution in [0.3, 0.4) is 0 Å². The average Bonchev–Trinajstić information content (AvgIpc) is 3.11. The third-order valence-electron chi connectivity index (χ3n) is 4.20. The molecule has 1 N–H and O–H groups in total. The first-order valence-corrected chi connectivity index (χ1v) is 10.1. The third-order valence-corrected chi connectivity index (χ3v) is 5.29. The van der Waals surface area contributed by atoms with Crippen molar-refractivity contribution < 1.29 is 14.3 Å². The fourth-order valence-corrected chi connectivity index (χ4v) is 3.40. The second-order valence-corrected chi connectivity index (χ2v) is 7.57. The van der Waals surface area contributed by atoms with E-state index in [1.807, 2.05) is 42.1 Å². The molecule has 1 amide bonds. The molecule has 0 radical (unpaired) electrons. The zero-order chi connectivity index (χ0) is 20.6. The van der Waals surface area contributed by atoms with E-state index in [9.17, 15) is 9.59 Å². The number of carbonyl (C=O) groups excluding carboxylic acids is 2. The molecule has 3 aromatic rings. The van der Waals surface area contributed by atoms with Crippen LogP contribution in [0.4, 0.5) is 5.69 Å². The molecule has 3 rings (SSSR count). The number of ether oxygens (including phenoxy) is 1. The van der Waals surface area contributed by atoms with Crippen LogP contribution in [0.2, 0.25) is 0 Å². The van der Waals surface area contributed by atoms with Gasteiger partial charge in [0.2, 0.25) is 5.91 Å². The lowest BCUT2D eigenvalue weighted by atomic mass is 10.1. The zero-order valence-corrected chi connectivity index (χ0v) is 17.2. The fourth-order valence-electron chi connectivity index (χ4n) is 2.59. The highest BCUT2D eigenvalue weighted by Gasteiger charge is 2.06. The Balaban J connectivity index is 1.39. The summed E-state index contributed by atoms with van der Waals surface area (Å²) in [5.41, 5.74) is 1.42. The molecule has 0 spiro atoms. The largest absolute Gasteiger partial charge is 0.494 e. The molecular weight excluding hydrogens is 386 g/mol. The summed E-state index contributed by atoms with van der Waals surface area (Å²) in [7, 11) is 1.95. The lowest BCUT2D eigenvalue weighted by molar-refractivity contribution is -0.116. The molecule has 0 aliphatic rings. The summed E-state index contributed by atoms with van der Waals surface area (Å²) in [4.78, 5) is 28.7. The van der Waals surface area contributed by atoms with E-state index in [0.29, 0.717) is 30.8 Å². The minimum Gasteiger partial charge on any atom is -0.494 e. The Hall–Kier alpha value is -3.06. The number of benzene rings is 2. The van der Waals surface area contributed by atoms with Crippen LogP contribution in [0.1, 0.15) is 30.1 Å². The molecule has 0 bridgehead atoms. The maximum atomic E-state index is 12.1. The third kappa shape index (κ3) is 6.22. The fraction of sp³-hybridized carbons (Fsp3) is 0.227. The lowest BCUT2D eigenvalue weighted by Gasteiger charge is -2.08. The minimum atomic E-state index is -0.0509. The number of carbonyl (C=O) groups is 2. The van der Waals surface area contributed by atoms with E-state index >= 15 is 0 Å². The van der Waals surface area contributed by atoms with Gasteiger partial charge in [-0.3, -0.25) is 9.59 Å². The van der Waals surface area contributed by atoms with Crippen LogP contribution in [-0.2, 0) is 11.8 Å². The van der Waals surface area contributed by atoms with E-state index in [1.54, 1.807) is 42.2 Å². The second-order valence-electron chi connectivity index (χ2n) is 6.53. The van der Waals surface area contributed by atoms with Gasteiger partial charge in [0, 0.05) is 42.0 Å². The molecule has 0 fully saturated rings. The molecule has 29 heavy (non-hydrogen) atoms. The normalized spacial score (nSPS) is 10.6. The van der Waals surface area contributed by atoms with Crippen LogP contribution in [-0.4, -0.2) is 27.8 Å². The van der Waals surface area contributed by atoms with E-state index < -0.39 is 0 Å². The van der Waals surface area contributed by atoms with Crippen LogP contribution >= 0.6 is 11.8 Å². The Morgan fingerprint density at radius 2 is 1.83 bits per heavy atom. The van der Waals surface area contributed by atoms with Crippen molar-refractivity contribution in [1.82, 2.24) is 9.55 Å². The number of imidazole rings is 1. The molecule has 0 aliphatic carbocycles. The molecule has 150 valence electrons. The van der Waals surface area contributed by atoms with Crippen LogP contribution in [0.25, 0.3) is 0 Å². The number of hydrogen-bond acceptors (Lipinski definition) is 5. The Bertz CT molecular complexity index is 966. The first kappa shape index (κ1) is 20.7. The molecule has 6 nitrogen and oxygen atoms in total. The standard InChI is InChI=1S/C22H23N3O3S/c1-16(26)17-5-9-19(10-6-17)28-15-3-4-21(27)24-18-7-11-20(12-8-18)29-22-23-13-14-25(22)2/h5-14H,3-4,15H2,1-2H3,(H,24,27). The molecule has 1 aromatic heterocycles. The first-order chi connectivity index (χ1) is 14.0. The maximum Gasteiger partial charge on any atom is 0.224 e. The molecule has 0 aliphatic heterocycles. The topological polar surface area (TPSA) is 73.2 Å². The van der Waals surface area contributed by atoms with Gasteiger partial charge < -0.3 is 14.6 Å². The average molecular weight is 410 g/mol. The molecule has 7 heteroatoms. The Morgan fingerprint density at radius 1 is 1.10 bits per heavy atom. The highest BCUT2D eigenvalue weighted by atomic mass is 32.2. The zero-order valence-electron chi connectivity index (χ0n) is 16.4. The summed E-state index contributed by atoms with van der Waals surface area (Å²) in [5, 5.41) is 3.81. The molecule has 1 heterocycles. The van der Waals surface area contributed by atoms with Gasteiger partial charge >= 0.3 is 0 Å². The number of anilines is 1. The van der Waals surface area contributed by atoms with Crippen molar-refractivity contribution in [3.8, 4) is 5.75 Å². The molecule has 0 saturated heterocycles. The number of hydrogen-bond donors (Lipinski definition) is 1. The van der Waals surface area contributed by atoms with Crippen molar-refractivity contribution in [2.75, 3.05) is 11.9 Å². The molecule has 0 atom stereocenters. The Labute approximate surface area is 174 Å². The van der Waals surface area contributed by atoms with Gasteiger partial charge in [0.1, 0.15) is 5.75 Å². The predicted molar refractivity (Wildman–Crippen MR) is 114 cm³/mol. The van der Waals surface area contributed by atoms with E-state index in [2.05, 4.69) is 10.3 Å². The van der Waals surface area contributed by atoms with Crippen LogP contribution < -0.4 is 10.1 Å². The lowest BCUT2D eigenvalue weighted by Crippen LogP contribution is -2.12. The molecular formula is C22H23N3O3S. The van der Waals surface area contributed by atoms with E-state index in [1.165, 1.54) is 6.92 Å². The monoisotopic (exact) mass is 409 g/mol. The first-order valence-electron chi connectivity index (χ1n) is 9.30. The van der Waals surface area contributed by atoms with Crippen LogP contribution in [0.15, 0.2) is 71.0 Å². The minimum absolute atomic E-state index is 0.0245. The van der Waals surface area contributed by atoms with Gasteiger partial charge in [0.05, 0.1) is 6.61 Å². The number of amides is 1. The van der Waals surface area contributed by atoms with Crippen molar-refractivity contribution in [2.45, 2.75) is 29.8 Å². The smallest absolute Gasteiger partial charge is 0.224 e. The number of rotatable bonds is 9. The van der Waals surface area contributed by atoms with E-state index in [0.717, 1.165) is 15.7 Å². The summed E-state index contributed by atoms with van der Waals surface area (Å²) in [6.45, 7) is 1.97. The SMILES string of the molecule is CC(=O)c1ccc(OCCCC(=O)Nc2ccc(Sc3nccn3C)cc2)cc1. The second kappa shape index (κ2) is 9.93. The number of nitrogens with zero attached hydrogens (tertiary/aromatic N) is 2. The molecule has 0 saturated carbocycles. The van der Waals surface area contributed by atoms with Gasteiger partial charge in [-0.1, -0.05) is 11.8 Å². The van der Waals surface area contributed by atoms with Crippen LogP contribution in [0.5, 0.6) is 5.75 Å². The molecule has 0 unspecified atom stereocenters. The predicted octanol–water partition coefficient (Wildman–Crippen LogP) is 4.57. The van der Waals surface area contributed by atoms with Crippen molar-refractivity contribution in [2.24, 2.45) is 7.05 Å². The van der Waals surface area contributed by atoms with Gasteiger partial charge in [-0.25, -0.2) is 4.98 Å². The quantitative estimate of drug-likeness (QED) is 0.414. The van der Waals surface area contributed by atoms with Crippen LogP contribution in [0, 0.1) is 0 Å². The number of aromatic nitrogens is 2. The Morgan fingerprint density at radius 3 is 2.45 bits per heavy atom. The number of aryl methyl sites for hydroxylation is 1. The number of Topliss-reactive ketones (excluding diaryl/α,β-unsaturated/α-hetero) is 1. The van der Waals surface area contributed by atoms with Gasteiger partial charge in [0.15, 0.2) is 10.9 Å². The van der Waals surface area contributed by atoms with Gasteiger partial charge in [-0.15, -0.1) is 0 Å². The van der Waals surface area contributed by atoms with Gasteiger partial charge in [0.25, 0.3) is 0 Å². The van der Waals surface area contributed by atoms with Gasteiger partial charge in [-0.2, -0.15) is 0 Å². The summed E-state index contributed by atoms with van der Waals surface area (Å²) in [6.07, 6.45) is 4.65. The number of nitrogens with one attached hydrogen (secondary N) is 1. The van der Waals surface area contributed by atoms with Crippen molar-refractivity contribution in [1.29, 1.82) is 0 Å². The Kier molecular flexibility index (Phi) is 7.08. The van der Waals surface area contributed by atoms with E-state index in [-0.39, 0.29) is 11.7 Å². The summed E-state index contributed by atoms with van der Waals surface area (Å²) in [6, 6.07) is 14.7. The van der Waals surface area contributed by atoms with E-state index in [4.69, 9.17) is 4.74 Å². The summed E-state index contributed by atoms with van der Waals surface area (Å²) in [5.74, 6) is 0.665. The number of ketones is 1. The van der Waals surface area contributed by atoms with Gasteiger partial charge in [-0.05, 0) is 61.9 Å². The van der Waals surface area contributed by atoms with Crippen molar-refractivity contribution in [3.05, 3.63) is 66.5 Å². The highest BCUT2D eigenvalue weighted by molar-refractivity contribution is 7.99. The maximum absolute atomic E-state index is 12.1. The molecule has 2 aromatic carbocycles. The summed E-state index contributed by atoms with van der Waals surface area (Å²) >= 11 is 1.57.